The van der Waals surface area contributed by atoms with Gasteiger partial charge in [-0.1, -0.05) is 66.7 Å². The third-order valence-electron chi connectivity index (χ3n) is 5.39. The zero-order chi connectivity index (χ0) is 20.2. The summed E-state index contributed by atoms with van der Waals surface area (Å²) in [6.45, 7) is 4.07. The maximum absolute atomic E-state index is 13.0. The fourth-order valence-electron chi connectivity index (χ4n) is 3.82. The first-order chi connectivity index (χ1) is 14.1. The molecule has 146 valence electrons. The van der Waals surface area contributed by atoms with Gasteiger partial charge in [0.05, 0.1) is 11.7 Å². The van der Waals surface area contributed by atoms with Crippen molar-refractivity contribution in [2.24, 2.45) is 0 Å². The van der Waals surface area contributed by atoms with Crippen LogP contribution in [0.1, 0.15) is 47.7 Å². The number of aromatic nitrogens is 2. The van der Waals surface area contributed by atoms with E-state index in [4.69, 9.17) is 0 Å². The Morgan fingerprint density at radius 1 is 0.966 bits per heavy atom. The molecule has 0 aliphatic heterocycles. The van der Waals surface area contributed by atoms with Crippen LogP contribution in [0.2, 0.25) is 0 Å². The van der Waals surface area contributed by atoms with E-state index in [0.717, 1.165) is 28.0 Å². The van der Waals surface area contributed by atoms with Crippen LogP contribution in [0.4, 0.5) is 0 Å². The summed E-state index contributed by atoms with van der Waals surface area (Å²) in [5, 5.41) is 3.15. The molecular formula is C25H25N3O. The van der Waals surface area contributed by atoms with E-state index in [1.54, 1.807) is 0 Å². The molecule has 0 bridgehead atoms. The number of carbonyl (C=O) groups excluding carboxylic acids is 1. The van der Waals surface area contributed by atoms with E-state index in [1.807, 2.05) is 73.9 Å². The topological polar surface area (TPSA) is 46.4 Å². The molecule has 2 heterocycles. The number of nitrogens with one attached hydrogen (secondary N) is 1. The molecule has 4 aromatic rings. The highest BCUT2D eigenvalue weighted by molar-refractivity contribution is 5.78. The van der Waals surface area contributed by atoms with E-state index in [2.05, 4.69) is 39.8 Å². The first kappa shape index (κ1) is 18.9. The maximum atomic E-state index is 13.0. The van der Waals surface area contributed by atoms with E-state index in [0.29, 0.717) is 6.42 Å². The predicted octanol–water partition coefficient (Wildman–Crippen LogP) is 5.04. The van der Waals surface area contributed by atoms with Crippen LogP contribution in [0.3, 0.4) is 0 Å². The number of hydrogen-bond donors (Lipinski definition) is 1. The molecule has 0 saturated heterocycles. The maximum Gasteiger partial charge on any atom is 0.221 e. The second-order valence-corrected chi connectivity index (χ2v) is 7.44. The number of benzene rings is 2. The van der Waals surface area contributed by atoms with E-state index in [1.165, 1.54) is 0 Å². The highest BCUT2D eigenvalue weighted by Crippen LogP contribution is 2.29. The molecule has 2 aromatic carbocycles. The van der Waals surface area contributed by atoms with E-state index in [-0.39, 0.29) is 17.9 Å². The molecule has 2 aromatic heterocycles. The summed E-state index contributed by atoms with van der Waals surface area (Å²) in [4.78, 5) is 17.6. The van der Waals surface area contributed by atoms with Gasteiger partial charge in [-0.2, -0.15) is 0 Å². The van der Waals surface area contributed by atoms with Crippen molar-refractivity contribution in [1.29, 1.82) is 0 Å². The molecule has 0 aliphatic rings. The Balaban J connectivity index is 1.63. The molecule has 1 amide bonds. The number of imidazole rings is 1. The quantitative estimate of drug-likeness (QED) is 0.507. The summed E-state index contributed by atoms with van der Waals surface area (Å²) < 4.78 is 2.10. The summed E-state index contributed by atoms with van der Waals surface area (Å²) in [5.74, 6) is -0.0474. The average molecular weight is 383 g/mol. The highest BCUT2D eigenvalue weighted by atomic mass is 16.1. The van der Waals surface area contributed by atoms with Gasteiger partial charge in [0.1, 0.15) is 5.65 Å². The van der Waals surface area contributed by atoms with Crippen molar-refractivity contribution >= 4 is 11.6 Å². The van der Waals surface area contributed by atoms with Crippen LogP contribution >= 0.6 is 0 Å². The summed E-state index contributed by atoms with van der Waals surface area (Å²) in [5.41, 5.74) is 5.28. The Hall–Kier alpha value is -3.40. The zero-order valence-electron chi connectivity index (χ0n) is 16.7. The Kier molecular flexibility index (Phi) is 5.43. The lowest BCUT2D eigenvalue weighted by atomic mass is 9.92. The molecular weight excluding hydrogens is 358 g/mol. The van der Waals surface area contributed by atoms with Gasteiger partial charge in [0, 0.05) is 24.7 Å². The van der Waals surface area contributed by atoms with Crippen LogP contribution in [0.15, 0.2) is 85.2 Å². The predicted molar refractivity (Wildman–Crippen MR) is 116 cm³/mol. The van der Waals surface area contributed by atoms with Crippen molar-refractivity contribution in [3.05, 3.63) is 108 Å². The number of rotatable bonds is 6. The van der Waals surface area contributed by atoms with E-state index >= 15 is 0 Å². The second-order valence-electron chi connectivity index (χ2n) is 7.44. The Morgan fingerprint density at radius 2 is 1.62 bits per heavy atom. The number of hydrogen-bond acceptors (Lipinski definition) is 2. The average Bonchev–Trinajstić information content (AvgIpc) is 3.18. The molecule has 4 nitrogen and oxygen atoms in total. The first-order valence-corrected chi connectivity index (χ1v) is 9.95. The SMILES string of the molecule is Cc1cccn2c(C(CC(=O)NC(C)c3ccccc3)c3ccccc3)cnc12. The Bertz CT molecular complexity index is 1100. The molecule has 0 fully saturated rings. The zero-order valence-corrected chi connectivity index (χ0v) is 16.7. The normalized spacial score (nSPS) is 13.2. The fraction of sp³-hybridized carbons (Fsp3) is 0.200. The van der Waals surface area contributed by atoms with Gasteiger partial charge in [-0.05, 0) is 36.6 Å². The molecule has 2 atom stereocenters. The van der Waals surface area contributed by atoms with Crippen LogP contribution in [0, 0.1) is 6.92 Å². The number of carbonyl (C=O) groups is 1. The van der Waals surface area contributed by atoms with Gasteiger partial charge in [-0.25, -0.2) is 4.98 Å². The molecule has 4 heteroatoms. The molecule has 0 aliphatic carbocycles. The number of amides is 1. The molecule has 0 radical (unpaired) electrons. The van der Waals surface area contributed by atoms with Crippen molar-refractivity contribution in [2.75, 3.05) is 0 Å². The van der Waals surface area contributed by atoms with Gasteiger partial charge >= 0.3 is 0 Å². The van der Waals surface area contributed by atoms with Gasteiger partial charge < -0.3 is 9.72 Å². The number of pyridine rings is 1. The first-order valence-electron chi connectivity index (χ1n) is 9.95. The Morgan fingerprint density at radius 3 is 2.31 bits per heavy atom. The fourth-order valence-corrected chi connectivity index (χ4v) is 3.82. The molecule has 0 spiro atoms. The lowest BCUT2D eigenvalue weighted by molar-refractivity contribution is -0.122. The summed E-state index contributed by atoms with van der Waals surface area (Å²) in [7, 11) is 0. The molecule has 4 rings (SSSR count). The smallest absolute Gasteiger partial charge is 0.221 e. The molecule has 0 saturated carbocycles. The van der Waals surface area contributed by atoms with Crippen LogP contribution in [-0.2, 0) is 4.79 Å². The number of nitrogens with zero attached hydrogens (tertiary/aromatic N) is 2. The molecule has 2 unspecified atom stereocenters. The van der Waals surface area contributed by atoms with Gasteiger partial charge in [0.15, 0.2) is 0 Å². The van der Waals surface area contributed by atoms with Crippen LogP contribution < -0.4 is 5.32 Å². The van der Waals surface area contributed by atoms with Gasteiger partial charge in [0.25, 0.3) is 0 Å². The number of aryl methyl sites for hydroxylation is 1. The van der Waals surface area contributed by atoms with Crippen LogP contribution in [-0.4, -0.2) is 15.3 Å². The van der Waals surface area contributed by atoms with Crippen LogP contribution in [0.25, 0.3) is 5.65 Å². The summed E-state index contributed by atoms with van der Waals surface area (Å²) >= 11 is 0. The highest BCUT2D eigenvalue weighted by Gasteiger charge is 2.23. The van der Waals surface area contributed by atoms with Gasteiger partial charge in [-0.15, -0.1) is 0 Å². The third-order valence-corrected chi connectivity index (χ3v) is 5.39. The third kappa shape index (κ3) is 4.06. The monoisotopic (exact) mass is 383 g/mol. The molecule has 1 N–H and O–H groups in total. The van der Waals surface area contributed by atoms with Crippen molar-refractivity contribution in [3.8, 4) is 0 Å². The standard InChI is InChI=1S/C25H25N3O/c1-18-10-9-15-28-23(17-26-25(18)28)22(21-13-7-4-8-14-21)16-24(29)27-19(2)20-11-5-3-6-12-20/h3-15,17,19,22H,16H2,1-2H3,(H,27,29). The van der Waals surface area contributed by atoms with Gasteiger partial charge in [-0.3, -0.25) is 4.79 Å². The van der Waals surface area contributed by atoms with Crippen LogP contribution in [0.5, 0.6) is 0 Å². The lowest BCUT2D eigenvalue weighted by Crippen LogP contribution is -2.28. The van der Waals surface area contributed by atoms with Gasteiger partial charge in [0.2, 0.25) is 5.91 Å². The summed E-state index contributed by atoms with van der Waals surface area (Å²) in [6.07, 6.45) is 4.28. The summed E-state index contributed by atoms with van der Waals surface area (Å²) in [6, 6.07) is 24.3. The Labute approximate surface area is 171 Å². The second kappa shape index (κ2) is 8.31. The van der Waals surface area contributed by atoms with E-state index in [9.17, 15) is 4.79 Å². The van der Waals surface area contributed by atoms with Crippen molar-refractivity contribution < 1.29 is 4.79 Å². The van der Waals surface area contributed by atoms with Crippen molar-refractivity contribution in [3.63, 3.8) is 0 Å². The number of fused-ring (bicyclic) bond motifs is 1. The molecule has 29 heavy (non-hydrogen) atoms. The lowest BCUT2D eigenvalue weighted by Gasteiger charge is -2.20. The van der Waals surface area contributed by atoms with Crippen molar-refractivity contribution in [1.82, 2.24) is 14.7 Å². The minimum atomic E-state index is -0.0732. The largest absolute Gasteiger partial charge is 0.350 e. The minimum absolute atomic E-state index is 0.0257. The van der Waals surface area contributed by atoms with E-state index < -0.39 is 0 Å². The van der Waals surface area contributed by atoms with Crippen molar-refractivity contribution in [2.45, 2.75) is 32.2 Å². The minimum Gasteiger partial charge on any atom is -0.350 e.